The molecule has 3 aromatic rings. The molecule has 39 heavy (non-hydrogen) atoms. The van der Waals surface area contributed by atoms with E-state index in [9.17, 15) is 14.5 Å². The Morgan fingerprint density at radius 2 is 2.00 bits per heavy atom. The van der Waals surface area contributed by atoms with Gasteiger partial charge in [0.05, 0.1) is 25.6 Å². The Hall–Kier alpha value is -3.09. The highest BCUT2D eigenvalue weighted by molar-refractivity contribution is 7.52. The molecular weight excluding hydrogens is 527 g/mol. The van der Waals surface area contributed by atoms with Crippen molar-refractivity contribution >= 4 is 30.7 Å². The van der Waals surface area contributed by atoms with Crippen LogP contribution < -0.4 is 15.3 Å². The molecule has 0 radical (unpaired) electrons. The van der Waals surface area contributed by atoms with Crippen LogP contribution >= 0.6 is 7.75 Å². The van der Waals surface area contributed by atoms with Crippen molar-refractivity contribution in [3.05, 3.63) is 43.0 Å². The first-order valence-corrected chi connectivity index (χ1v) is 14.5. The van der Waals surface area contributed by atoms with Gasteiger partial charge in [-0.05, 0) is 25.0 Å². The number of imidazole rings is 1. The topological polar surface area (TPSA) is 173 Å². The van der Waals surface area contributed by atoms with Crippen molar-refractivity contribution in [3.8, 4) is 5.75 Å². The summed E-state index contributed by atoms with van der Waals surface area (Å²) in [6.07, 6.45) is 2.33. The molecule has 5 atom stereocenters. The number of esters is 1. The van der Waals surface area contributed by atoms with E-state index in [0.717, 1.165) is 12.8 Å². The smallest absolute Gasteiger partial charge is 0.459 e. The van der Waals surface area contributed by atoms with E-state index in [1.54, 1.807) is 34.9 Å². The molecular formula is C25H35N6O7P. The number of aliphatic hydroxyl groups excluding tert-OH is 1. The average Bonchev–Trinajstić information content (AvgIpc) is 3.52. The van der Waals surface area contributed by atoms with Crippen LogP contribution in [0.1, 0.15) is 46.3 Å². The van der Waals surface area contributed by atoms with Gasteiger partial charge in [-0.2, -0.15) is 5.09 Å². The van der Waals surface area contributed by atoms with Gasteiger partial charge >= 0.3 is 13.7 Å². The monoisotopic (exact) mass is 562 g/mol. The molecule has 1 aliphatic heterocycles. The zero-order valence-corrected chi connectivity index (χ0v) is 23.1. The van der Waals surface area contributed by atoms with E-state index in [4.69, 9.17) is 24.3 Å². The number of fused-ring (bicyclic) bond motifs is 1. The largest absolute Gasteiger partial charge is 0.464 e. The molecule has 1 saturated heterocycles. The molecule has 2 aromatic heterocycles. The van der Waals surface area contributed by atoms with Crippen molar-refractivity contribution in [1.29, 1.82) is 0 Å². The molecule has 1 aromatic carbocycles. The number of carbonyl (C=O) groups excluding carboxylic acids is 1. The fraction of sp³-hybridized carbons (Fsp3) is 0.520. The first-order chi connectivity index (χ1) is 18.7. The molecule has 0 saturated carbocycles. The highest BCUT2D eigenvalue weighted by atomic mass is 31.2. The van der Waals surface area contributed by atoms with E-state index >= 15 is 0 Å². The van der Waals surface area contributed by atoms with E-state index in [0.29, 0.717) is 16.9 Å². The number of ether oxygens (including phenoxy) is 2. The zero-order valence-electron chi connectivity index (χ0n) is 22.2. The maximum atomic E-state index is 13.8. The number of rotatable bonds is 13. The number of nitrogens with two attached hydrogens (primary N) is 1. The van der Waals surface area contributed by atoms with Crippen LogP contribution in [-0.4, -0.2) is 62.1 Å². The molecule has 13 nitrogen and oxygen atoms in total. The van der Waals surface area contributed by atoms with Gasteiger partial charge in [0, 0.05) is 6.42 Å². The molecule has 212 valence electrons. The minimum atomic E-state index is -4.08. The Balaban J connectivity index is 1.43. The molecule has 0 unspecified atom stereocenters. The van der Waals surface area contributed by atoms with Crippen molar-refractivity contribution in [2.24, 2.45) is 5.92 Å². The van der Waals surface area contributed by atoms with Gasteiger partial charge in [-0.15, -0.1) is 0 Å². The number of aliphatic hydroxyl groups is 1. The van der Waals surface area contributed by atoms with E-state index in [2.05, 4.69) is 20.0 Å². The fourth-order valence-corrected chi connectivity index (χ4v) is 5.70. The first kappa shape index (κ1) is 28.9. The lowest BCUT2D eigenvalue weighted by atomic mass is 10.1. The maximum Gasteiger partial charge on any atom is 0.459 e. The molecule has 1 aliphatic rings. The number of hydrogen-bond acceptors (Lipinski definition) is 11. The third-order valence-corrected chi connectivity index (χ3v) is 8.19. The summed E-state index contributed by atoms with van der Waals surface area (Å²) >= 11 is 0. The third-order valence-electron chi connectivity index (χ3n) is 6.55. The zero-order chi connectivity index (χ0) is 28.0. The summed E-state index contributed by atoms with van der Waals surface area (Å²) in [7, 11) is -4.08. The van der Waals surface area contributed by atoms with Crippen molar-refractivity contribution < 1.29 is 33.0 Å². The van der Waals surface area contributed by atoms with Crippen LogP contribution in [0.25, 0.3) is 11.2 Å². The highest BCUT2D eigenvalue weighted by Gasteiger charge is 2.39. The van der Waals surface area contributed by atoms with E-state index in [1.165, 1.54) is 19.6 Å². The van der Waals surface area contributed by atoms with Gasteiger partial charge in [-0.3, -0.25) is 13.9 Å². The maximum absolute atomic E-state index is 13.8. The van der Waals surface area contributed by atoms with Crippen LogP contribution in [0.4, 0.5) is 5.82 Å². The summed E-state index contributed by atoms with van der Waals surface area (Å²) in [5, 5.41) is 13.4. The lowest BCUT2D eigenvalue weighted by molar-refractivity contribution is -0.146. The summed E-state index contributed by atoms with van der Waals surface area (Å²) in [4.78, 5) is 24.9. The van der Waals surface area contributed by atoms with Gasteiger partial charge in [0.15, 0.2) is 17.7 Å². The molecule has 4 rings (SSSR count). The number of para-hydroxylation sites is 1. The Kier molecular flexibility index (Phi) is 9.52. The Morgan fingerprint density at radius 1 is 1.26 bits per heavy atom. The van der Waals surface area contributed by atoms with Crippen LogP contribution in [0.15, 0.2) is 43.0 Å². The summed E-state index contributed by atoms with van der Waals surface area (Å²) in [6.45, 7) is 5.68. The number of aromatic nitrogens is 4. The van der Waals surface area contributed by atoms with Gasteiger partial charge in [0.1, 0.15) is 29.7 Å². The number of benzene rings is 1. The second-order valence-electron chi connectivity index (χ2n) is 9.40. The Morgan fingerprint density at radius 3 is 2.72 bits per heavy atom. The predicted molar refractivity (Wildman–Crippen MR) is 143 cm³/mol. The summed E-state index contributed by atoms with van der Waals surface area (Å²) in [5.74, 6) is 0.185. The van der Waals surface area contributed by atoms with Crippen LogP contribution in [-0.2, 0) is 23.4 Å². The molecule has 0 aliphatic carbocycles. The molecule has 4 N–H and O–H groups in total. The first-order valence-electron chi connectivity index (χ1n) is 12.9. The van der Waals surface area contributed by atoms with Crippen molar-refractivity contribution in [2.75, 3.05) is 18.9 Å². The number of nitrogens with one attached hydrogen (secondary N) is 1. The molecule has 3 heterocycles. The highest BCUT2D eigenvalue weighted by Crippen LogP contribution is 2.46. The minimum absolute atomic E-state index is 0.184. The van der Waals surface area contributed by atoms with Crippen LogP contribution in [0.2, 0.25) is 0 Å². The van der Waals surface area contributed by atoms with Crippen molar-refractivity contribution in [2.45, 2.75) is 64.5 Å². The number of nitrogens with zero attached hydrogens (tertiary/aromatic N) is 4. The molecule has 14 heteroatoms. The summed E-state index contributed by atoms with van der Waals surface area (Å²) in [5.41, 5.74) is 6.67. The van der Waals surface area contributed by atoms with E-state index < -0.39 is 38.2 Å². The second-order valence-corrected chi connectivity index (χ2v) is 11.1. The number of carbonyl (C=O) groups is 1. The lowest BCUT2D eigenvalue weighted by Crippen LogP contribution is -2.36. The fourth-order valence-electron chi connectivity index (χ4n) is 4.17. The summed E-state index contributed by atoms with van der Waals surface area (Å²) in [6, 6.07) is 7.50. The van der Waals surface area contributed by atoms with Crippen LogP contribution in [0, 0.1) is 5.92 Å². The molecule has 1 fully saturated rings. The van der Waals surface area contributed by atoms with E-state index in [-0.39, 0.29) is 31.4 Å². The van der Waals surface area contributed by atoms with Gasteiger partial charge in [-0.1, -0.05) is 44.9 Å². The second kappa shape index (κ2) is 12.8. The Bertz CT molecular complexity index is 1290. The van der Waals surface area contributed by atoms with Crippen molar-refractivity contribution in [1.82, 2.24) is 24.6 Å². The quantitative estimate of drug-likeness (QED) is 0.205. The third kappa shape index (κ3) is 7.11. The lowest BCUT2D eigenvalue weighted by Gasteiger charge is -2.24. The normalized spacial score (nSPS) is 21.6. The van der Waals surface area contributed by atoms with Gasteiger partial charge in [-0.25, -0.2) is 19.5 Å². The Labute approximate surface area is 226 Å². The van der Waals surface area contributed by atoms with Gasteiger partial charge in [0.2, 0.25) is 0 Å². The molecule has 0 bridgehead atoms. The predicted octanol–water partition coefficient (Wildman–Crippen LogP) is 3.22. The van der Waals surface area contributed by atoms with Crippen molar-refractivity contribution in [3.63, 3.8) is 0 Å². The SMILES string of the molecule is CCC(CC)COC(=O)[C@H](C)N[P@@](=O)(OC[C@@H]1C[C@@H](O)[C@H](n2cnc3c(N)ncnc32)O1)Oc1ccccc1. The molecule has 0 spiro atoms. The van der Waals surface area contributed by atoms with E-state index in [1.807, 2.05) is 13.8 Å². The number of anilines is 1. The van der Waals surface area contributed by atoms with Gasteiger partial charge in [0.25, 0.3) is 0 Å². The number of nitrogen functional groups attached to an aromatic ring is 1. The number of hydrogen-bond donors (Lipinski definition) is 3. The molecule has 0 amide bonds. The summed E-state index contributed by atoms with van der Waals surface area (Å²) < 4.78 is 38.2. The minimum Gasteiger partial charge on any atom is -0.464 e. The van der Waals surface area contributed by atoms with Crippen LogP contribution in [0.3, 0.4) is 0 Å². The average molecular weight is 563 g/mol. The van der Waals surface area contributed by atoms with Crippen LogP contribution in [0.5, 0.6) is 5.75 Å². The van der Waals surface area contributed by atoms with Gasteiger partial charge < -0.3 is 24.8 Å². The standard InChI is InChI=1S/C25H35N6O7P/c1-4-17(5-2)12-35-25(33)16(3)30-39(34,38-18-9-7-6-8-10-18)36-13-19-11-20(32)24(37-19)31-15-29-21-22(26)27-14-28-23(21)31/h6-10,14-17,19-20,24,32H,4-5,11-13H2,1-3H3,(H,30,34)(H2,26,27,28)/t16-,19-,20+,24+,39+/m0/s1.